The molecule has 0 radical (unpaired) electrons. The Kier molecular flexibility index (Phi) is 5.43. The summed E-state index contributed by atoms with van der Waals surface area (Å²) >= 11 is 0. The molecule has 0 saturated heterocycles. The van der Waals surface area contributed by atoms with Crippen LogP contribution in [-0.4, -0.2) is 21.8 Å². The normalized spacial score (nSPS) is 11.9. The van der Waals surface area contributed by atoms with Crippen LogP contribution in [0, 0.1) is 6.92 Å². The molecule has 0 unspecified atom stereocenters. The lowest BCUT2D eigenvalue weighted by atomic mass is 10.1. The fourth-order valence-corrected chi connectivity index (χ4v) is 5.74. The average Bonchev–Trinajstić information content (AvgIpc) is 3.19. The number of rotatable bonds is 6. The van der Waals surface area contributed by atoms with E-state index in [1.165, 1.54) is 30.5 Å². The standard InChI is InChI=1S/C23H20N2O4S2/c1-17-12-14-19(15-13-17)30(26,27)23-22(21(16-24-23)18-8-4-2-5-9-18)25-31(28,29)20-10-6-3-7-11-20/h2-16,24-25H,1H3. The third-order valence-electron chi connectivity index (χ3n) is 4.82. The van der Waals surface area contributed by atoms with Gasteiger partial charge in [-0.05, 0) is 36.8 Å². The Labute approximate surface area is 181 Å². The van der Waals surface area contributed by atoms with Crippen LogP contribution in [0.4, 0.5) is 5.69 Å². The number of H-pyrrole nitrogens is 1. The second-order valence-electron chi connectivity index (χ2n) is 7.01. The molecule has 0 aliphatic heterocycles. The van der Waals surface area contributed by atoms with Crippen LogP contribution in [0.15, 0.2) is 106 Å². The number of aromatic amines is 1. The minimum absolute atomic E-state index is 0.0179. The summed E-state index contributed by atoms with van der Waals surface area (Å²) in [5.74, 6) is 0. The molecule has 0 spiro atoms. The second kappa shape index (κ2) is 8.05. The van der Waals surface area contributed by atoms with Crippen molar-refractivity contribution in [3.63, 3.8) is 0 Å². The zero-order valence-electron chi connectivity index (χ0n) is 16.6. The predicted octanol–water partition coefficient (Wildman–Crippen LogP) is 4.62. The van der Waals surface area contributed by atoms with E-state index in [0.717, 1.165) is 5.56 Å². The molecular formula is C23H20N2O4S2. The summed E-state index contributed by atoms with van der Waals surface area (Å²) in [5.41, 5.74) is 2.01. The Bertz CT molecular complexity index is 1410. The Morgan fingerprint density at radius 1 is 0.710 bits per heavy atom. The Morgan fingerprint density at radius 2 is 1.29 bits per heavy atom. The summed E-state index contributed by atoms with van der Waals surface area (Å²) in [4.78, 5) is 2.89. The number of sulfonamides is 1. The molecule has 3 aromatic carbocycles. The summed E-state index contributed by atoms with van der Waals surface area (Å²) in [5, 5.41) is -0.213. The van der Waals surface area contributed by atoms with Gasteiger partial charge in [0.05, 0.1) is 15.5 Å². The van der Waals surface area contributed by atoms with Gasteiger partial charge in [0.15, 0.2) is 5.03 Å². The smallest absolute Gasteiger partial charge is 0.262 e. The molecule has 0 bridgehead atoms. The number of benzene rings is 3. The van der Waals surface area contributed by atoms with E-state index in [-0.39, 0.29) is 20.5 Å². The summed E-state index contributed by atoms with van der Waals surface area (Å²) in [6, 6.07) is 23.2. The monoisotopic (exact) mass is 452 g/mol. The third-order valence-corrected chi connectivity index (χ3v) is 7.94. The molecule has 0 atom stereocenters. The molecule has 31 heavy (non-hydrogen) atoms. The van der Waals surface area contributed by atoms with Gasteiger partial charge in [0.2, 0.25) is 9.84 Å². The van der Waals surface area contributed by atoms with E-state index in [9.17, 15) is 16.8 Å². The van der Waals surface area contributed by atoms with Crippen molar-refractivity contribution in [2.45, 2.75) is 21.7 Å². The molecule has 1 aromatic heterocycles. The zero-order chi connectivity index (χ0) is 22.1. The average molecular weight is 453 g/mol. The maximum absolute atomic E-state index is 13.4. The lowest BCUT2D eigenvalue weighted by molar-refractivity contribution is 0.593. The predicted molar refractivity (Wildman–Crippen MR) is 120 cm³/mol. The van der Waals surface area contributed by atoms with E-state index in [4.69, 9.17) is 0 Å². The van der Waals surface area contributed by atoms with Crippen LogP contribution < -0.4 is 4.72 Å². The van der Waals surface area contributed by atoms with Gasteiger partial charge in [-0.1, -0.05) is 66.2 Å². The van der Waals surface area contributed by atoms with E-state index >= 15 is 0 Å². The Morgan fingerprint density at radius 3 is 1.90 bits per heavy atom. The molecule has 6 nitrogen and oxygen atoms in total. The number of anilines is 1. The van der Waals surface area contributed by atoms with Crippen LogP contribution in [-0.2, 0) is 19.9 Å². The van der Waals surface area contributed by atoms with Crippen molar-refractivity contribution in [1.29, 1.82) is 0 Å². The first kappa shape index (κ1) is 20.9. The molecule has 2 N–H and O–H groups in total. The molecule has 8 heteroatoms. The number of hydrogen-bond donors (Lipinski definition) is 2. The third kappa shape index (κ3) is 4.12. The lowest BCUT2D eigenvalue weighted by Gasteiger charge is -2.12. The van der Waals surface area contributed by atoms with Crippen LogP contribution >= 0.6 is 0 Å². The van der Waals surface area contributed by atoms with E-state index in [1.807, 2.05) is 13.0 Å². The van der Waals surface area contributed by atoms with Crippen LogP contribution in [0.3, 0.4) is 0 Å². The van der Waals surface area contributed by atoms with Crippen molar-refractivity contribution in [2.75, 3.05) is 4.72 Å². The van der Waals surface area contributed by atoms with Crippen LogP contribution in [0.25, 0.3) is 11.1 Å². The van der Waals surface area contributed by atoms with Gasteiger partial charge < -0.3 is 4.98 Å². The highest BCUT2D eigenvalue weighted by atomic mass is 32.2. The van der Waals surface area contributed by atoms with E-state index in [0.29, 0.717) is 11.1 Å². The fraction of sp³-hybridized carbons (Fsp3) is 0.0435. The molecule has 158 valence electrons. The quantitative estimate of drug-likeness (QED) is 0.446. The SMILES string of the molecule is Cc1ccc(S(=O)(=O)c2[nH]cc(-c3ccccc3)c2NS(=O)(=O)c2ccccc2)cc1. The van der Waals surface area contributed by atoms with E-state index in [2.05, 4.69) is 9.71 Å². The molecule has 0 saturated carbocycles. The highest BCUT2D eigenvalue weighted by Crippen LogP contribution is 2.37. The van der Waals surface area contributed by atoms with Crippen molar-refractivity contribution >= 4 is 25.5 Å². The van der Waals surface area contributed by atoms with Crippen LogP contribution in [0.2, 0.25) is 0 Å². The van der Waals surface area contributed by atoms with Crippen molar-refractivity contribution < 1.29 is 16.8 Å². The zero-order valence-corrected chi connectivity index (χ0v) is 18.2. The lowest BCUT2D eigenvalue weighted by Crippen LogP contribution is -2.15. The summed E-state index contributed by atoms with van der Waals surface area (Å²) < 4.78 is 55.3. The maximum atomic E-state index is 13.4. The fourth-order valence-electron chi connectivity index (χ4n) is 3.19. The van der Waals surface area contributed by atoms with Crippen LogP contribution in [0.1, 0.15) is 5.56 Å². The molecule has 1 heterocycles. The molecule has 0 amide bonds. The number of sulfone groups is 1. The van der Waals surface area contributed by atoms with Gasteiger partial charge in [0.1, 0.15) is 0 Å². The number of aryl methyl sites for hydroxylation is 1. The maximum Gasteiger partial charge on any atom is 0.262 e. The highest BCUT2D eigenvalue weighted by Gasteiger charge is 2.29. The van der Waals surface area contributed by atoms with Gasteiger partial charge in [-0.15, -0.1) is 0 Å². The Balaban J connectivity index is 1.89. The molecule has 4 aromatic rings. The van der Waals surface area contributed by atoms with Crippen LogP contribution in [0.5, 0.6) is 0 Å². The van der Waals surface area contributed by atoms with Gasteiger partial charge in [0, 0.05) is 11.8 Å². The first-order chi connectivity index (χ1) is 14.8. The number of aromatic nitrogens is 1. The second-order valence-corrected chi connectivity index (χ2v) is 10.6. The van der Waals surface area contributed by atoms with Crippen molar-refractivity contribution in [1.82, 2.24) is 4.98 Å². The largest absolute Gasteiger partial charge is 0.350 e. The number of nitrogens with one attached hydrogen (secondary N) is 2. The molecule has 0 aliphatic carbocycles. The summed E-state index contributed by atoms with van der Waals surface area (Å²) in [6.45, 7) is 1.86. The molecular weight excluding hydrogens is 432 g/mol. The van der Waals surface area contributed by atoms with Gasteiger partial charge in [0.25, 0.3) is 10.0 Å². The van der Waals surface area contributed by atoms with Crippen molar-refractivity contribution in [3.05, 3.63) is 96.7 Å². The summed E-state index contributed by atoms with van der Waals surface area (Å²) in [6.07, 6.45) is 1.50. The van der Waals surface area contributed by atoms with E-state index < -0.39 is 19.9 Å². The topological polar surface area (TPSA) is 96.1 Å². The van der Waals surface area contributed by atoms with E-state index in [1.54, 1.807) is 54.6 Å². The van der Waals surface area contributed by atoms with Crippen molar-refractivity contribution in [2.24, 2.45) is 0 Å². The molecule has 0 fully saturated rings. The van der Waals surface area contributed by atoms with Crippen molar-refractivity contribution in [3.8, 4) is 11.1 Å². The first-order valence-corrected chi connectivity index (χ1v) is 12.4. The number of hydrogen-bond acceptors (Lipinski definition) is 4. The molecule has 0 aliphatic rings. The minimum Gasteiger partial charge on any atom is -0.350 e. The molecule has 4 rings (SSSR count). The van der Waals surface area contributed by atoms with Gasteiger partial charge >= 0.3 is 0 Å². The van der Waals surface area contributed by atoms with Gasteiger partial charge in [-0.2, -0.15) is 0 Å². The highest BCUT2D eigenvalue weighted by molar-refractivity contribution is 7.93. The summed E-state index contributed by atoms with van der Waals surface area (Å²) in [7, 11) is -8.03. The van der Waals surface area contributed by atoms with Gasteiger partial charge in [-0.3, -0.25) is 4.72 Å². The minimum atomic E-state index is -4.02. The Hall–Kier alpha value is -3.36. The van der Waals surface area contributed by atoms with Gasteiger partial charge in [-0.25, -0.2) is 16.8 Å². The first-order valence-electron chi connectivity index (χ1n) is 9.45.